The van der Waals surface area contributed by atoms with Crippen molar-refractivity contribution in [1.29, 1.82) is 0 Å². The Morgan fingerprint density at radius 2 is 2.00 bits per heavy atom. The van der Waals surface area contributed by atoms with Gasteiger partial charge in [-0.3, -0.25) is 4.99 Å². The summed E-state index contributed by atoms with van der Waals surface area (Å²) in [5, 5.41) is 7.51. The molecule has 2 heterocycles. The van der Waals surface area contributed by atoms with E-state index >= 15 is 0 Å². The third-order valence-corrected chi connectivity index (χ3v) is 5.03. The first-order valence-electron chi connectivity index (χ1n) is 10.4. The van der Waals surface area contributed by atoms with Gasteiger partial charge in [-0.15, -0.1) is 24.0 Å². The van der Waals surface area contributed by atoms with E-state index in [4.69, 9.17) is 26.1 Å². The lowest BCUT2D eigenvalue weighted by molar-refractivity contribution is 0.297. The number of aliphatic imine (C=N–C) groups is 1. The topological polar surface area (TPSA) is 72.7 Å². The third-order valence-electron chi connectivity index (χ3n) is 4.79. The number of guanidine groups is 1. The van der Waals surface area contributed by atoms with E-state index in [1.54, 1.807) is 12.5 Å². The Morgan fingerprint density at radius 1 is 1.12 bits per heavy atom. The molecule has 0 atom stereocenters. The summed E-state index contributed by atoms with van der Waals surface area (Å²) in [5.74, 6) is 2.23. The predicted octanol–water partition coefficient (Wildman–Crippen LogP) is 4.62. The molecule has 7 nitrogen and oxygen atoms in total. The molecule has 0 spiro atoms. The van der Waals surface area contributed by atoms with Crippen molar-refractivity contribution in [2.24, 2.45) is 4.99 Å². The molecule has 4 rings (SSSR count). The molecule has 2 aromatic carbocycles. The summed E-state index contributed by atoms with van der Waals surface area (Å²) in [6.45, 7) is 3.46. The van der Waals surface area contributed by atoms with Crippen LogP contribution in [-0.4, -0.2) is 41.8 Å². The average Bonchev–Trinajstić information content (AvgIpc) is 3.17. The zero-order valence-corrected chi connectivity index (χ0v) is 20.8. The summed E-state index contributed by atoms with van der Waals surface area (Å²) in [6, 6.07) is 13.7. The van der Waals surface area contributed by atoms with Gasteiger partial charge in [0.2, 0.25) is 0 Å². The van der Waals surface area contributed by atoms with Crippen LogP contribution in [0.1, 0.15) is 12.0 Å². The fourth-order valence-corrected chi connectivity index (χ4v) is 3.44. The SMILES string of the molecule is Clc1cccc(CCN=C(NCCn2ccnc2)Nc2ccc3c(c2)OCCCO3)c1.I. The van der Waals surface area contributed by atoms with E-state index in [0.717, 1.165) is 47.2 Å². The van der Waals surface area contributed by atoms with Crippen molar-refractivity contribution >= 4 is 47.2 Å². The van der Waals surface area contributed by atoms with Crippen LogP contribution in [0.15, 0.2) is 66.2 Å². The van der Waals surface area contributed by atoms with Crippen LogP contribution >= 0.6 is 35.6 Å². The molecule has 32 heavy (non-hydrogen) atoms. The van der Waals surface area contributed by atoms with Gasteiger partial charge in [0.25, 0.3) is 0 Å². The zero-order valence-electron chi connectivity index (χ0n) is 17.7. The van der Waals surface area contributed by atoms with Crippen molar-refractivity contribution in [1.82, 2.24) is 14.9 Å². The van der Waals surface area contributed by atoms with Crippen LogP contribution < -0.4 is 20.1 Å². The Balaban J connectivity index is 0.00000289. The number of nitrogens with one attached hydrogen (secondary N) is 2. The molecule has 0 radical (unpaired) electrons. The monoisotopic (exact) mass is 567 g/mol. The fraction of sp³-hybridized carbons (Fsp3) is 0.304. The fourth-order valence-electron chi connectivity index (χ4n) is 3.23. The molecule has 1 aromatic heterocycles. The molecule has 3 aromatic rings. The molecule has 170 valence electrons. The van der Waals surface area contributed by atoms with Gasteiger partial charge < -0.3 is 24.7 Å². The van der Waals surface area contributed by atoms with Crippen molar-refractivity contribution in [2.45, 2.75) is 19.4 Å². The van der Waals surface area contributed by atoms with Gasteiger partial charge in [-0.05, 0) is 36.2 Å². The number of imidazole rings is 1. The Kier molecular flexibility index (Phi) is 9.48. The number of fused-ring (bicyclic) bond motifs is 1. The Bertz CT molecular complexity index is 1010. The van der Waals surface area contributed by atoms with Gasteiger partial charge in [-0.25, -0.2) is 4.98 Å². The molecule has 1 aliphatic rings. The maximum absolute atomic E-state index is 6.09. The van der Waals surface area contributed by atoms with E-state index in [1.165, 1.54) is 0 Å². The molecule has 9 heteroatoms. The quantitative estimate of drug-likeness (QED) is 0.248. The summed E-state index contributed by atoms with van der Waals surface area (Å²) in [4.78, 5) is 8.83. The van der Waals surface area contributed by atoms with Gasteiger partial charge in [0.1, 0.15) is 0 Å². The smallest absolute Gasteiger partial charge is 0.195 e. The van der Waals surface area contributed by atoms with Crippen molar-refractivity contribution in [2.75, 3.05) is 31.6 Å². The summed E-state index contributed by atoms with van der Waals surface area (Å²) in [5.41, 5.74) is 2.05. The number of hydrogen-bond donors (Lipinski definition) is 2. The number of rotatable bonds is 7. The first-order valence-corrected chi connectivity index (χ1v) is 10.8. The summed E-state index contributed by atoms with van der Waals surface area (Å²) < 4.78 is 13.5. The number of benzene rings is 2. The third kappa shape index (κ3) is 7.30. The van der Waals surface area contributed by atoms with Crippen LogP contribution in [0.3, 0.4) is 0 Å². The molecule has 1 aliphatic heterocycles. The minimum absolute atomic E-state index is 0. The predicted molar refractivity (Wildman–Crippen MR) is 139 cm³/mol. The lowest BCUT2D eigenvalue weighted by atomic mass is 10.1. The number of ether oxygens (including phenoxy) is 2. The lowest BCUT2D eigenvalue weighted by Crippen LogP contribution is -2.33. The van der Waals surface area contributed by atoms with Gasteiger partial charge >= 0.3 is 0 Å². The van der Waals surface area contributed by atoms with Crippen molar-refractivity contribution < 1.29 is 9.47 Å². The second kappa shape index (κ2) is 12.5. The van der Waals surface area contributed by atoms with Gasteiger partial charge in [0, 0.05) is 55.2 Å². The normalized spacial score (nSPS) is 13.1. The van der Waals surface area contributed by atoms with Gasteiger partial charge in [-0.2, -0.15) is 0 Å². The van der Waals surface area contributed by atoms with Crippen molar-refractivity contribution in [3.05, 3.63) is 71.8 Å². The van der Waals surface area contributed by atoms with E-state index in [0.29, 0.717) is 32.3 Å². The summed E-state index contributed by atoms with van der Waals surface area (Å²) in [6.07, 6.45) is 7.19. The Morgan fingerprint density at radius 3 is 2.81 bits per heavy atom. The van der Waals surface area contributed by atoms with Crippen LogP contribution in [0.2, 0.25) is 5.02 Å². The maximum Gasteiger partial charge on any atom is 0.195 e. The second-order valence-corrected chi connectivity index (χ2v) is 7.61. The molecule has 0 saturated heterocycles. The first-order chi connectivity index (χ1) is 15.3. The second-order valence-electron chi connectivity index (χ2n) is 7.17. The van der Waals surface area contributed by atoms with Crippen molar-refractivity contribution in [3.8, 4) is 11.5 Å². The number of halogens is 2. The van der Waals surface area contributed by atoms with Crippen LogP contribution in [0.25, 0.3) is 0 Å². The van der Waals surface area contributed by atoms with E-state index in [1.807, 2.05) is 47.2 Å². The van der Waals surface area contributed by atoms with Gasteiger partial charge in [0.05, 0.1) is 19.5 Å². The Hall–Kier alpha value is -2.46. The van der Waals surface area contributed by atoms with Crippen LogP contribution in [0.4, 0.5) is 5.69 Å². The minimum atomic E-state index is 0. The van der Waals surface area contributed by atoms with Crippen LogP contribution in [0.5, 0.6) is 11.5 Å². The van der Waals surface area contributed by atoms with E-state index < -0.39 is 0 Å². The molecule has 2 N–H and O–H groups in total. The highest BCUT2D eigenvalue weighted by Crippen LogP contribution is 2.32. The summed E-state index contributed by atoms with van der Waals surface area (Å²) >= 11 is 6.09. The zero-order chi connectivity index (χ0) is 21.3. The van der Waals surface area contributed by atoms with Crippen LogP contribution in [-0.2, 0) is 13.0 Å². The highest BCUT2D eigenvalue weighted by atomic mass is 127. The number of aromatic nitrogens is 2. The molecule has 0 unspecified atom stereocenters. The average molecular weight is 568 g/mol. The molecule has 0 aliphatic carbocycles. The highest BCUT2D eigenvalue weighted by molar-refractivity contribution is 14.0. The minimum Gasteiger partial charge on any atom is -0.490 e. The number of nitrogens with zero attached hydrogens (tertiary/aromatic N) is 3. The molecule has 0 fully saturated rings. The van der Waals surface area contributed by atoms with Crippen LogP contribution in [0, 0.1) is 0 Å². The standard InChI is InChI=1S/C23H26ClN5O2.HI/c24-19-4-1-3-18(15-19)7-8-26-23(27-10-12-29-11-9-25-17-29)28-20-5-6-21-22(16-20)31-14-2-13-30-21;/h1,3-6,9,11,15-17H,2,7-8,10,12-14H2,(H2,26,27,28);1H. The van der Waals surface area contributed by atoms with E-state index in [9.17, 15) is 0 Å². The largest absolute Gasteiger partial charge is 0.490 e. The maximum atomic E-state index is 6.09. The first kappa shape index (κ1) is 24.2. The molecule has 0 bridgehead atoms. The van der Waals surface area contributed by atoms with E-state index in [-0.39, 0.29) is 24.0 Å². The molecule has 0 saturated carbocycles. The molecular weight excluding hydrogens is 541 g/mol. The van der Waals surface area contributed by atoms with Crippen molar-refractivity contribution in [3.63, 3.8) is 0 Å². The number of anilines is 1. The lowest BCUT2D eigenvalue weighted by Gasteiger charge is -2.15. The van der Waals surface area contributed by atoms with E-state index in [2.05, 4.69) is 21.7 Å². The Labute approximate surface area is 210 Å². The van der Waals surface area contributed by atoms with Gasteiger partial charge in [0.15, 0.2) is 17.5 Å². The number of hydrogen-bond acceptors (Lipinski definition) is 4. The molecule has 0 amide bonds. The highest BCUT2D eigenvalue weighted by Gasteiger charge is 2.11. The van der Waals surface area contributed by atoms with Gasteiger partial charge in [-0.1, -0.05) is 23.7 Å². The summed E-state index contributed by atoms with van der Waals surface area (Å²) in [7, 11) is 0. The molecular formula is C23H27ClIN5O2.